The molecule has 0 spiro atoms. The van der Waals surface area contributed by atoms with Crippen LogP contribution in [0.3, 0.4) is 0 Å². The smallest absolute Gasteiger partial charge is 0.228 e. The lowest BCUT2D eigenvalue weighted by atomic mass is 9.86. The molecule has 2 aromatic carbocycles. The van der Waals surface area contributed by atoms with E-state index < -0.39 is 0 Å². The van der Waals surface area contributed by atoms with Crippen molar-refractivity contribution in [3.8, 4) is 0 Å². The van der Waals surface area contributed by atoms with Crippen LogP contribution in [-0.4, -0.2) is 27.9 Å². The van der Waals surface area contributed by atoms with E-state index in [1.807, 2.05) is 54.6 Å². The van der Waals surface area contributed by atoms with Gasteiger partial charge in [0, 0.05) is 34.2 Å². The summed E-state index contributed by atoms with van der Waals surface area (Å²) < 4.78 is 0. The highest BCUT2D eigenvalue weighted by molar-refractivity contribution is 6.32. The molecular weight excluding hydrogens is 441 g/mol. The van der Waals surface area contributed by atoms with Gasteiger partial charge in [0.05, 0.1) is 6.04 Å². The third-order valence-electron chi connectivity index (χ3n) is 6.77. The number of rotatable bonds is 5. The standard InChI is InChI=1S/C26H25Cl2N3O/c27-22-9-3-1-7-20(22)25(21-8-2-4-10-23(21)28)31-18-12-13-19(31)16-17(15-18)26(32)30-24-11-5-6-14-29-24/h1-11,14,17-19,25H,12-13,15-16H2,(H,29,30,32). The number of hydrogen-bond donors (Lipinski definition) is 1. The van der Waals surface area contributed by atoms with E-state index in [-0.39, 0.29) is 17.9 Å². The van der Waals surface area contributed by atoms with Crippen molar-refractivity contribution in [2.75, 3.05) is 5.32 Å². The second-order valence-corrected chi connectivity index (χ2v) is 9.46. The Morgan fingerprint density at radius 2 is 1.44 bits per heavy atom. The molecule has 2 saturated heterocycles. The quantitative estimate of drug-likeness (QED) is 0.476. The van der Waals surface area contributed by atoms with Crippen molar-refractivity contribution in [2.24, 2.45) is 5.92 Å². The zero-order chi connectivity index (χ0) is 22.1. The molecule has 2 unspecified atom stereocenters. The fraction of sp³-hybridized carbons (Fsp3) is 0.308. The Morgan fingerprint density at radius 1 is 0.875 bits per heavy atom. The van der Waals surface area contributed by atoms with Gasteiger partial charge in [0.25, 0.3) is 0 Å². The van der Waals surface area contributed by atoms with Crippen molar-refractivity contribution >= 4 is 34.9 Å². The zero-order valence-corrected chi connectivity index (χ0v) is 19.1. The Morgan fingerprint density at radius 3 is 1.97 bits per heavy atom. The Hall–Kier alpha value is -2.40. The van der Waals surface area contributed by atoms with E-state index in [0.717, 1.165) is 46.9 Å². The average Bonchev–Trinajstić information content (AvgIpc) is 3.05. The predicted molar refractivity (Wildman–Crippen MR) is 129 cm³/mol. The number of nitrogens with one attached hydrogen (secondary N) is 1. The first kappa shape index (κ1) is 21.4. The first-order chi connectivity index (χ1) is 15.6. The van der Waals surface area contributed by atoms with Crippen LogP contribution in [0, 0.1) is 5.92 Å². The number of anilines is 1. The molecule has 1 amide bonds. The molecule has 2 fully saturated rings. The molecule has 3 aromatic rings. The Labute approximate surface area is 198 Å². The summed E-state index contributed by atoms with van der Waals surface area (Å²) in [6.07, 6.45) is 5.48. The number of nitrogens with zero attached hydrogens (tertiary/aromatic N) is 2. The fourth-order valence-electron chi connectivity index (χ4n) is 5.40. The predicted octanol–water partition coefficient (Wildman–Crippen LogP) is 6.36. The summed E-state index contributed by atoms with van der Waals surface area (Å²) >= 11 is 13.4. The first-order valence-corrected chi connectivity index (χ1v) is 11.9. The summed E-state index contributed by atoms with van der Waals surface area (Å²) in [7, 11) is 0. The van der Waals surface area contributed by atoms with Gasteiger partial charge >= 0.3 is 0 Å². The fourth-order valence-corrected chi connectivity index (χ4v) is 5.87. The van der Waals surface area contributed by atoms with Gasteiger partial charge in [-0.3, -0.25) is 9.69 Å². The Balaban J connectivity index is 1.44. The van der Waals surface area contributed by atoms with Crippen LogP contribution in [0.25, 0.3) is 0 Å². The lowest BCUT2D eigenvalue weighted by molar-refractivity contribution is -0.122. The van der Waals surface area contributed by atoms with E-state index in [9.17, 15) is 4.79 Å². The second kappa shape index (κ2) is 9.22. The minimum atomic E-state index is -0.0327. The van der Waals surface area contributed by atoms with Crippen LogP contribution in [0.5, 0.6) is 0 Å². The molecule has 2 bridgehead atoms. The van der Waals surface area contributed by atoms with E-state index in [0.29, 0.717) is 17.9 Å². The van der Waals surface area contributed by atoms with Crippen LogP contribution >= 0.6 is 23.2 Å². The molecule has 4 nitrogen and oxygen atoms in total. The van der Waals surface area contributed by atoms with Crippen LogP contribution in [0.2, 0.25) is 10.0 Å². The van der Waals surface area contributed by atoms with Crippen LogP contribution < -0.4 is 5.32 Å². The maximum absolute atomic E-state index is 13.0. The van der Waals surface area contributed by atoms with Gasteiger partial charge < -0.3 is 5.32 Å². The van der Waals surface area contributed by atoms with Crippen molar-refractivity contribution < 1.29 is 4.79 Å². The monoisotopic (exact) mass is 465 g/mol. The van der Waals surface area contributed by atoms with E-state index in [2.05, 4.69) is 27.3 Å². The molecule has 164 valence electrons. The summed E-state index contributed by atoms with van der Waals surface area (Å²) in [6, 6.07) is 22.1. The molecule has 0 aliphatic carbocycles. The Bertz CT molecular complexity index is 1050. The third-order valence-corrected chi connectivity index (χ3v) is 7.46. The molecule has 2 aliphatic heterocycles. The number of amides is 1. The maximum atomic E-state index is 13.0. The summed E-state index contributed by atoms with van der Waals surface area (Å²) in [5.41, 5.74) is 2.13. The molecule has 3 heterocycles. The normalized spacial score (nSPS) is 22.8. The summed E-state index contributed by atoms with van der Waals surface area (Å²) in [5.74, 6) is 0.647. The first-order valence-electron chi connectivity index (χ1n) is 11.1. The minimum absolute atomic E-state index is 0.0242. The van der Waals surface area contributed by atoms with E-state index in [4.69, 9.17) is 23.2 Å². The van der Waals surface area contributed by atoms with Crippen molar-refractivity contribution in [3.05, 3.63) is 94.1 Å². The second-order valence-electron chi connectivity index (χ2n) is 8.65. The molecule has 5 rings (SSSR count). The molecular formula is C26H25Cl2N3O. The highest BCUT2D eigenvalue weighted by Gasteiger charge is 2.47. The van der Waals surface area contributed by atoms with Gasteiger partial charge in [0.2, 0.25) is 5.91 Å². The molecule has 0 radical (unpaired) electrons. The van der Waals surface area contributed by atoms with Gasteiger partial charge in [-0.2, -0.15) is 0 Å². The summed E-state index contributed by atoms with van der Waals surface area (Å²) in [5, 5.41) is 4.48. The van der Waals surface area contributed by atoms with Crippen LogP contribution in [0.1, 0.15) is 42.9 Å². The molecule has 6 heteroatoms. The molecule has 1 N–H and O–H groups in total. The Kier molecular flexibility index (Phi) is 6.18. The van der Waals surface area contributed by atoms with E-state index >= 15 is 0 Å². The van der Waals surface area contributed by atoms with Gasteiger partial charge in [0.1, 0.15) is 5.82 Å². The summed E-state index contributed by atoms with van der Waals surface area (Å²) in [4.78, 5) is 19.8. The largest absolute Gasteiger partial charge is 0.310 e. The number of pyridine rings is 1. The topological polar surface area (TPSA) is 45.2 Å². The van der Waals surface area contributed by atoms with Crippen molar-refractivity contribution in [1.29, 1.82) is 0 Å². The van der Waals surface area contributed by atoms with Gasteiger partial charge in [-0.05, 0) is 61.1 Å². The summed E-state index contributed by atoms with van der Waals surface area (Å²) in [6.45, 7) is 0. The SMILES string of the molecule is O=C(Nc1ccccn1)C1CC2CCC(C1)N2C(c1ccccc1Cl)c1ccccc1Cl. The van der Waals surface area contributed by atoms with Crippen LogP contribution in [0.4, 0.5) is 5.82 Å². The van der Waals surface area contributed by atoms with Gasteiger partial charge in [-0.25, -0.2) is 4.98 Å². The van der Waals surface area contributed by atoms with Crippen molar-refractivity contribution in [3.63, 3.8) is 0 Å². The third kappa shape index (κ3) is 4.15. The zero-order valence-electron chi connectivity index (χ0n) is 17.6. The average molecular weight is 466 g/mol. The highest BCUT2D eigenvalue weighted by Crippen LogP contribution is 2.48. The van der Waals surface area contributed by atoms with Gasteiger partial charge in [-0.1, -0.05) is 65.7 Å². The number of benzene rings is 2. The molecule has 2 atom stereocenters. The molecule has 1 aromatic heterocycles. The maximum Gasteiger partial charge on any atom is 0.228 e. The molecule has 32 heavy (non-hydrogen) atoms. The van der Waals surface area contributed by atoms with Crippen molar-refractivity contribution in [1.82, 2.24) is 9.88 Å². The van der Waals surface area contributed by atoms with Crippen molar-refractivity contribution in [2.45, 2.75) is 43.8 Å². The highest BCUT2D eigenvalue weighted by atomic mass is 35.5. The minimum Gasteiger partial charge on any atom is -0.310 e. The molecule has 0 saturated carbocycles. The van der Waals surface area contributed by atoms with Crippen LogP contribution in [-0.2, 0) is 4.79 Å². The van der Waals surface area contributed by atoms with Gasteiger partial charge in [0.15, 0.2) is 0 Å². The number of piperidine rings is 1. The lowest BCUT2D eigenvalue weighted by Crippen LogP contribution is -2.47. The number of fused-ring (bicyclic) bond motifs is 2. The number of halogens is 2. The van der Waals surface area contributed by atoms with E-state index in [1.54, 1.807) is 6.20 Å². The van der Waals surface area contributed by atoms with Gasteiger partial charge in [-0.15, -0.1) is 0 Å². The number of hydrogen-bond acceptors (Lipinski definition) is 3. The molecule has 2 aliphatic rings. The number of aromatic nitrogens is 1. The lowest BCUT2D eigenvalue weighted by Gasteiger charge is -2.44. The van der Waals surface area contributed by atoms with E-state index in [1.165, 1.54) is 0 Å². The number of carbonyl (C=O) groups excluding carboxylic acids is 1. The van der Waals surface area contributed by atoms with Crippen LogP contribution in [0.15, 0.2) is 72.9 Å². The number of carbonyl (C=O) groups is 1.